The van der Waals surface area contributed by atoms with Crippen LogP contribution in [0.3, 0.4) is 0 Å². The molecule has 0 fully saturated rings. The van der Waals surface area contributed by atoms with Crippen LogP contribution in [0, 0.1) is 23.7 Å². The first-order valence-corrected chi connectivity index (χ1v) is 36.3. The molecule has 0 spiro atoms. The second kappa shape index (κ2) is 54.2. The van der Waals surface area contributed by atoms with Gasteiger partial charge in [0.05, 0.1) is 26.4 Å². The van der Waals surface area contributed by atoms with Crippen LogP contribution >= 0.6 is 15.6 Å². The van der Waals surface area contributed by atoms with Gasteiger partial charge < -0.3 is 33.8 Å². The lowest BCUT2D eigenvalue weighted by Gasteiger charge is -2.21. The molecule has 17 nitrogen and oxygen atoms in total. The van der Waals surface area contributed by atoms with Crippen LogP contribution in [0.25, 0.3) is 0 Å². The fourth-order valence-corrected chi connectivity index (χ4v) is 10.9. The number of phosphoric ester groups is 2. The summed E-state index contributed by atoms with van der Waals surface area (Å²) in [4.78, 5) is 72.2. The molecule has 4 unspecified atom stereocenters. The standard InChI is InChI=1S/C64H124O17P2/c1-9-56(7)42-34-26-17-13-11-12-14-18-30-38-46-63(68)80-59(50-74-61(66)44-36-28-22-20-25-33-41-55(5)6)52-78-82(70,71)76-48-58(65)49-77-83(72,73)79-53-60(81-64(69)47-39-31-19-15-16-24-32-40-54(3)4)51-75-62(67)45-37-29-23-21-27-35-43-57(8)10-2/h54-60,65H,9-53H2,1-8H3,(H,70,71)(H,72,73)/t56?,57?,58-,59-,60-/m1/s1. The lowest BCUT2D eigenvalue weighted by molar-refractivity contribution is -0.161. The molecule has 492 valence electrons. The van der Waals surface area contributed by atoms with Crippen molar-refractivity contribution in [3.8, 4) is 0 Å². The maximum Gasteiger partial charge on any atom is 0.472 e. The molecule has 0 aromatic carbocycles. The van der Waals surface area contributed by atoms with Gasteiger partial charge in [0.1, 0.15) is 19.3 Å². The van der Waals surface area contributed by atoms with Gasteiger partial charge in [-0.15, -0.1) is 0 Å². The minimum atomic E-state index is -4.95. The number of unbranched alkanes of at least 4 members (excludes halogenated alkanes) is 25. The minimum Gasteiger partial charge on any atom is -0.462 e. The van der Waals surface area contributed by atoms with E-state index in [9.17, 15) is 43.2 Å². The number of aliphatic hydroxyl groups excluding tert-OH is 1. The molecule has 0 heterocycles. The molecule has 83 heavy (non-hydrogen) atoms. The van der Waals surface area contributed by atoms with E-state index < -0.39 is 97.5 Å². The van der Waals surface area contributed by atoms with Crippen LogP contribution in [0.5, 0.6) is 0 Å². The molecule has 0 radical (unpaired) electrons. The van der Waals surface area contributed by atoms with Crippen molar-refractivity contribution >= 4 is 39.5 Å². The largest absolute Gasteiger partial charge is 0.472 e. The van der Waals surface area contributed by atoms with Gasteiger partial charge in [0.15, 0.2) is 12.2 Å². The van der Waals surface area contributed by atoms with E-state index in [4.69, 9.17) is 37.0 Å². The van der Waals surface area contributed by atoms with Crippen LogP contribution in [0.4, 0.5) is 0 Å². The first kappa shape index (κ1) is 81.1. The van der Waals surface area contributed by atoms with Gasteiger partial charge in [-0.1, -0.05) is 254 Å². The van der Waals surface area contributed by atoms with Gasteiger partial charge in [0.2, 0.25) is 0 Å². The molecule has 0 aliphatic carbocycles. The number of ether oxygens (including phenoxy) is 4. The van der Waals surface area contributed by atoms with Crippen LogP contribution in [0.15, 0.2) is 0 Å². The normalized spacial score (nSPS) is 15.1. The molecule has 0 amide bonds. The number of carbonyl (C=O) groups is 4. The van der Waals surface area contributed by atoms with Crippen molar-refractivity contribution in [1.82, 2.24) is 0 Å². The van der Waals surface area contributed by atoms with E-state index in [-0.39, 0.29) is 25.7 Å². The predicted molar refractivity (Wildman–Crippen MR) is 331 cm³/mol. The summed E-state index contributed by atoms with van der Waals surface area (Å²) in [5.41, 5.74) is 0. The molecule has 0 saturated carbocycles. The monoisotopic (exact) mass is 1230 g/mol. The van der Waals surface area contributed by atoms with Crippen molar-refractivity contribution in [3.05, 3.63) is 0 Å². The highest BCUT2D eigenvalue weighted by molar-refractivity contribution is 7.47. The molecule has 0 aromatic heterocycles. The minimum absolute atomic E-state index is 0.102. The van der Waals surface area contributed by atoms with E-state index in [1.807, 2.05) is 0 Å². The topological polar surface area (TPSA) is 237 Å². The summed E-state index contributed by atoms with van der Waals surface area (Å²) >= 11 is 0. The fraction of sp³-hybridized carbons (Fsp3) is 0.938. The Labute approximate surface area is 505 Å². The van der Waals surface area contributed by atoms with E-state index in [1.165, 1.54) is 96.3 Å². The third-order valence-electron chi connectivity index (χ3n) is 15.3. The lowest BCUT2D eigenvalue weighted by Crippen LogP contribution is -2.30. The van der Waals surface area contributed by atoms with Gasteiger partial charge in [0, 0.05) is 25.7 Å². The van der Waals surface area contributed by atoms with Crippen molar-refractivity contribution in [1.29, 1.82) is 0 Å². The zero-order valence-corrected chi connectivity index (χ0v) is 55.6. The van der Waals surface area contributed by atoms with E-state index in [1.54, 1.807) is 0 Å². The smallest absolute Gasteiger partial charge is 0.462 e. The number of esters is 4. The van der Waals surface area contributed by atoms with Gasteiger partial charge in [0.25, 0.3) is 0 Å². The van der Waals surface area contributed by atoms with Crippen LogP contribution in [0.1, 0.15) is 306 Å². The average Bonchev–Trinajstić information content (AvgIpc) is 3.44. The number of aliphatic hydroxyl groups is 1. The van der Waals surface area contributed by atoms with Gasteiger partial charge in [-0.25, -0.2) is 9.13 Å². The molecule has 0 aliphatic heterocycles. The molecule has 3 N–H and O–H groups in total. The second-order valence-electron chi connectivity index (χ2n) is 24.6. The summed E-state index contributed by atoms with van der Waals surface area (Å²) in [7, 11) is -9.89. The Bertz CT molecular complexity index is 1670. The number of hydrogen-bond donors (Lipinski definition) is 3. The Kier molecular flexibility index (Phi) is 53.0. The highest BCUT2D eigenvalue weighted by Gasteiger charge is 2.30. The molecule has 0 aliphatic rings. The number of carbonyl (C=O) groups excluding carboxylic acids is 4. The molecule has 0 saturated heterocycles. The second-order valence-corrected chi connectivity index (χ2v) is 27.5. The quantitative estimate of drug-likeness (QED) is 0.0222. The van der Waals surface area contributed by atoms with Crippen molar-refractivity contribution in [2.45, 2.75) is 324 Å². The zero-order valence-electron chi connectivity index (χ0n) is 53.8. The summed E-state index contributed by atoms with van der Waals surface area (Å²) in [6.45, 7) is 13.9. The average molecular weight is 1230 g/mol. The summed E-state index contributed by atoms with van der Waals surface area (Å²) in [6, 6.07) is 0. The SMILES string of the molecule is CCC(C)CCCCCCCCCCCCC(=O)O[C@H](COC(=O)CCCCCCCCC(C)C)COP(=O)(O)OC[C@@H](O)COP(=O)(O)OC[C@@H](COC(=O)CCCCCCCCC(C)CC)OC(=O)CCCCCCCCCC(C)C. The van der Waals surface area contributed by atoms with Crippen molar-refractivity contribution in [2.75, 3.05) is 39.6 Å². The molecule has 19 heteroatoms. The Hall–Kier alpha value is -1.94. The summed E-state index contributed by atoms with van der Waals surface area (Å²) < 4.78 is 68.0. The van der Waals surface area contributed by atoms with Gasteiger partial charge in [-0.2, -0.15) is 0 Å². The molecule has 7 atom stereocenters. The zero-order chi connectivity index (χ0) is 61.8. The highest BCUT2D eigenvalue weighted by atomic mass is 31.2. The van der Waals surface area contributed by atoms with Crippen LogP contribution in [-0.2, 0) is 65.4 Å². The van der Waals surface area contributed by atoms with Gasteiger partial charge in [-0.3, -0.25) is 37.3 Å². The molecule has 0 aromatic rings. The predicted octanol–water partition coefficient (Wildman–Crippen LogP) is 17.4. The summed E-state index contributed by atoms with van der Waals surface area (Å²) in [5.74, 6) is 0.766. The summed E-state index contributed by atoms with van der Waals surface area (Å²) in [5, 5.41) is 10.5. The molecule has 0 rings (SSSR count). The molecular formula is C64H124O17P2. The van der Waals surface area contributed by atoms with E-state index in [2.05, 4.69) is 55.4 Å². The first-order valence-electron chi connectivity index (χ1n) is 33.3. The van der Waals surface area contributed by atoms with Gasteiger partial charge >= 0.3 is 39.5 Å². The van der Waals surface area contributed by atoms with Crippen molar-refractivity contribution in [3.63, 3.8) is 0 Å². The Morgan fingerprint density at radius 1 is 0.337 bits per heavy atom. The molecule has 0 bridgehead atoms. The fourth-order valence-electron chi connectivity index (χ4n) is 9.36. The van der Waals surface area contributed by atoms with E-state index >= 15 is 0 Å². The molecular weight excluding hydrogens is 1100 g/mol. The van der Waals surface area contributed by atoms with Crippen LogP contribution in [-0.4, -0.2) is 96.7 Å². The van der Waals surface area contributed by atoms with Crippen molar-refractivity contribution < 1.29 is 80.2 Å². The number of rotatable bonds is 61. The summed E-state index contributed by atoms with van der Waals surface area (Å²) in [6.07, 6.45) is 33.6. The lowest BCUT2D eigenvalue weighted by atomic mass is 9.99. The Morgan fingerprint density at radius 2 is 0.578 bits per heavy atom. The van der Waals surface area contributed by atoms with E-state index in [0.29, 0.717) is 37.5 Å². The Balaban J connectivity index is 5.25. The first-order chi connectivity index (χ1) is 39.7. The number of hydrogen-bond acceptors (Lipinski definition) is 15. The van der Waals surface area contributed by atoms with Gasteiger partial charge in [-0.05, 0) is 49.4 Å². The highest BCUT2D eigenvalue weighted by Crippen LogP contribution is 2.45. The Morgan fingerprint density at radius 3 is 0.855 bits per heavy atom. The van der Waals surface area contributed by atoms with Crippen LogP contribution in [0.2, 0.25) is 0 Å². The number of phosphoric acid groups is 2. The van der Waals surface area contributed by atoms with E-state index in [0.717, 1.165) is 115 Å². The van der Waals surface area contributed by atoms with Crippen molar-refractivity contribution in [2.24, 2.45) is 23.7 Å². The van der Waals surface area contributed by atoms with Crippen LogP contribution < -0.4 is 0 Å². The maximum atomic E-state index is 13.0. The maximum absolute atomic E-state index is 13.0. The third-order valence-corrected chi connectivity index (χ3v) is 17.2. The third kappa shape index (κ3) is 56.3.